The Kier molecular flexibility index (Phi) is 9.91. The Labute approximate surface area is 275 Å². The van der Waals surface area contributed by atoms with Crippen LogP contribution in [0.1, 0.15) is 56.0 Å². The minimum absolute atomic E-state index is 0.0744. The number of allylic oxidation sites excluding steroid dienone is 1. The van der Waals surface area contributed by atoms with Gasteiger partial charge >= 0.3 is 18.1 Å². The number of rotatable bonds is 10. The Morgan fingerprint density at radius 3 is 2.30 bits per heavy atom. The summed E-state index contributed by atoms with van der Waals surface area (Å²) in [5.41, 5.74) is 1.64. The quantitative estimate of drug-likeness (QED) is 0.122. The predicted molar refractivity (Wildman–Crippen MR) is 175 cm³/mol. The number of hydrogen-bond donors (Lipinski definition) is 0. The number of alkyl halides is 3. The first-order valence-electron chi connectivity index (χ1n) is 15.8. The van der Waals surface area contributed by atoms with E-state index in [1.165, 1.54) is 12.1 Å². The number of halogens is 3. The number of carbonyl (C=O) groups excluding carboxylic acids is 2. The molecule has 0 bridgehead atoms. The van der Waals surface area contributed by atoms with Crippen LogP contribution >= 0.6 is 0 Å². The van der Waals surface area contributed by atoms with Crippen LogP contribution < -0.4 is 4.74 Å². The highest BCUT2D eigenvalue weighted by molar-refractivity contribution is 6.74. The summed E-state index contributed by atoms with van der Waals surface area (Å²) in [5, 5.41) is -0.152. The topological polar surface area (TPSA) is 71.1 Å². The van der Waals surface area contributed by atoms with Gasteiger partial charge in [-0.25, -0.2) is 4.79 Å². The van der Waals surface area contributed by atoms with E-state index in [2.05, 4.69) is 33.9 Å². The summed E-state index contributed by atoms with van der Waals surface area (Å²) < 4.78 is 64.0. The van der Waals surface area contributed by atoms with Crippen molar-refractivity contribution in [1.82, 2.24) is 0 Å². The molecule has 0 radical (unpaired) electrons. The van der Waals surface area contributed by atoms with Crippen molar-refractivity contribution in [3.63, 3.8) is 0 Å². The zero-order valence-corrected chi connectivity index (χ0v) is 28.3. The van der Waals surface area contributed by atoms with Crippen molar-refractivity contribution in [3.05, 3.63) is 102 Å². The molecule has 0 N–H and O–H groups in total. The van der Waals surface area contributed by atoms with E-state index in [-0.39, 0.29) is 47.7 Å². The first-order chi connectivity index (χ1) is 22.1. The summed E-state index contributed by atoms with van der Waals surface area (Å²) in [6, 6.07) is 21.8. The van der Waals surface area contributed by atoms with E-state index in [0.717, 1.165) is 23.3 Å². The van der Waals surface area contributed by atoms with Gasteiger partial charge in [-0.15, -0.1) is 0 Å². The first-order valence-corrected chi connectivity index (χ1v) is 18.8. The van der Waals surface area contributed by atoms with E-state index in [4.69, 9.17) is 18.6 Å². The summed E-state index contributed by atoms with van der Waals surface area (Å²) in [6.07, 6.45) is -2.46. The van der Waals surface area contributed by atoms with Crippen molar-refractivity contribution < 1.29 is 41.4 Å². The van der Waals surface area contributed by atoms with E-state index in [1.807, 2.05) is 48.5 Å². The summed E-state index contributed by atoms with van der Waals surface area (Å²) in [4.78, 5) is 25.5. The number of fused-ring (bicyclic) bond motifs is 1. The smallest absolute Gasteiger partial charge is 0.416 e. The van der Waals surface area contributed by atoms with Crippen LogP contribution in [0.5, 0.6) is 5.75 Å². The van der Waals surface area contributed by atoms with Crippen LogP contribution in [0.3, 0.4) is 0 Å². The molecule has 3 aromatic rings. The van der Waals surface area contributed by atoms with Crippen molar-refractivity contribution in [2.75, 3.05) is 6.61 Å². The molecule has 47 heavy (non-hydrogen) atoms. The number of carbonyl (C=O) groups is 2. The molecule has 6 nitrogen and oxygen atoms in total. The number of ether oxygens (including phenoxy) is 3. The zero-order valence-electron chi connectivity index (χ0n) is 27.3. The van der Waals surface area contributed by atoms with Crippen molar-refractivity contribution in [1.29, 1.82) is 0 Å². The summed E-state index contributed by atoms with van der Waals surface area (Å²) >= 11 is 0. The van der Waals surface area contributed by atoms with Gasteiger partial charge in [-0.05, 0) is 72.1 Å². The standard InChI is InChI=1S/C37H41F3O6Si/c1-36(2,3)47(4,5)46-29(23-43-28-13-9-12-27(20-28)37(38,39)40)18-19-30-31-21-34(41)44-33(31)22-32(30)45-35(42)26-16-14-25(15-17-26)24-10-7-6-8-11-24/h6-18,20,30-33H,19,21-23H2,1-5H3/t30-,31-,32-,33+/m1/s1. The minimum atomic E-state index is -4.49. The molecule has 2 fully saturated rings. The molecule has 1 heterocycles. The van der Waals surface area contributed by atoms with Crippen LogP contribution in [0, 0.1) is 11.8 Å². The van der Waals surface area contributed by atoms with E-state index < -0.39 is 32.1 Å². The SMILES string of the molecule is CC(C)(C)[Si](C)(C)OC(=CC[C@@H]1[C@H]2CC(=O)O[C@H]2C[C@H]1OC(=O)c1ccc(-c2ccccc2)cc1)COc1cccc(C(F)(F)F)c1. The van der Waals surface area contributed by atoms with Gasteiger partial charge in [0.15, 0.2) is 0 Å². The maximum atomic E-state index is 13.3. The largest absolute Gasteiger partial charge is 0.544 e. The first kappa shape index (κ1) is 34.3. The van der Waals surface area contributed by atoms with Gasteiger partial charge in [0.25, 0.3) is 0 Å². The van der Waals surface area contributed by atoms with Crippen LogP contribution in [0.25, 0.3) is 11.1 Å². The van der Waals surface area contributed by atoms with Crippen molar-refractivity contribution in [3.8, 4) is 16.9 Å². The summed E-state index contributed by atoms with van der Waals surface area (Å²) in [5.74, 6) is -0.544. The fraction of sp³-hybridized carbons (Fsp3) is 0.405. The minimum Gasteiger partial charge on any atom is -0.544 e. The highest BCUT2D eigenvalue weighted by atomic mass is 28.4. The third kappa shape index (κ3) is 8.27. The molecular weight excluding hydrogens is 625 g/mol. The van der Waals surface area contributed by atoms with E-state index in [9.17, 15) is 22.8 Å². The lowest BCUT2D eigenvalue weighted by molar-refractivity contribution is -0.142. The average Bonchev–Trinajstić information content (AvgIpc) is 3.53. The second-order valence-electron chi connectivity index (χ2n) is 13.8. The van der Waals surface area contributed by atoms with E-state index in [1.54, 1.807) is 12.1 Å². The normalized spacial score (nSPS) is 21.6. The number of hydrogen-bond acceptors (Lipinski definition) is 6. The Morgan fingerprint density at radius 2 is 1.64 bits per heavy atom. The van der Waals surface area contributed by atoms with Crippen LogP contribution in [0.15, 0.2) is 90.7 Å². The number of esters is 2. The van der Waals surface area contributed by atoms with Crippen LogP contribution in [-0.4, -0.2) is 39.1 Å². The van der Waals surface area contributed by atoms with Crippen LogP contribution in [0.4, 0.5) is 13.2 Å². The highest BCUT2D eigenvalue weighted by Gasteiger charge is 2.51. The Morgan fingerprint density at radius 1 is 0.957 bits per heavy atom. The highest BCUT2D eigenvalue weighted by Crippen LogP contribution is 2.45. The van der Waals surface area contributed by atoms with Gasteiger partial charge in [0, 0.05) is 18.3 Å². The third-order valence-corrected chi connectivity index (χ3v) is 13.9. The van der Waals surface area contributed by atoms with Gasteiger partial charge < -0.3 is 18.6 Å². The molecule has 5 rings (SSSR count). The molecule has 0 aromatic heterocycles. The second kappa shape index (κ2) is 13.6. The number of benzene rings is 3. The molecule has 0 spiro atoms. The van der Waals surface area contributed by atoms with E-state index in [0.29, 0.717) is 24.2 Å². The molecule has 0 unspecified atom stereocenters. The Balaban J connectivity index is 1.35. The molecule has 1 aliphatic carbocycles. The summed E-state index contributed by atoms with van der Waals surface area (Å²) in [7, 11) is -2.37. The fourth-order valence-corrected chi connectivity index (χ4v) is 6.95. The van der Waals surface area contributed by atoms with Gasteiger partial charge in [-0.1, -0.05) is 69.3 Å². The second-order valence-corrected chi connectivity index (χ2v) is 18.5. The molecule has 1 saturated carbocycles. The zero-order chi connectivity index (χ0) is 34.0. The molecule has 250 valence electrons. The van der Waals surface area contributed by atoms with Gasteiger partial charge in [-0.2, -0.15) is 13.2 Å². The molecule has 4 atom stereocenters. The Bertz CT molecular complexity index is 1590. The van der Waals surface area contributed by atoms with Crippen molar-refractivity contribution in [2.45, 2.75) is 76.6 Å². The van der Waals surface area contributed by atoms with Crippen molar-refractivity contribution >= 4 is 20.3 Å². The molecule has 10 heteroatoms. The molecule has 1 saturated heterocycles. The molecule has 2 aliphatic rings. The molecular formula is C37H41F3O6Si. The third-order valence-electron chi connectivity index (χ3n) is 9.49. The fourth-order valence-electron chi connectivity index (χ4n) is 5.85. The predicted octanol–water partition coefficient (Wildman–Crippen LogP) is 9.22. The van der Waals surface area contributed by atoms with E-state index >= 15 is 0 Å². The average molecular weight is 667 g/mol. The Hall–Kier alpha value is -4.05. The van der Waals surface area contributed by atoms with Crippen molar-refractivity contribution in [2.24, 2.45) is 11.8 Å². The molecule has 1 aliphatic heterocycles. The maximum absolute atomic E-state index is 13.3. The van der Waals surface area contributed by atoms with Crippen LogP contribution in [0.2, 0.25) is 18.1 Å². The summed E-state index contributed by atoms with van der Waals surface area (Å²) in [6.45, 7) is 10.4. The monoisotopic (exact) mass is 666 g/mol. The lowest BCUT2D eigenvalue weighted by atomic mass is 9.89. The maximum Gasteiger partial charge on any atom is 0.416 e. The molecule has 3 aromatic carbocycles. The lowest BCUT2D eigenvalue weighted by Crippen LogP contribution is -2.41. The van der Waals surface area contributed by atoms with Gasteiger partial charge in [0.1, 0.15) is 30.3 Å². The van der Waals surface area contributed by atoms with Gasteiger partial charge in [0.2, 0.25) is 8.32 Å². The van der Waals surface area contributed by atoms with Crippen LogP contribution in [-0.2, 0) is 24.9 Å². The van der Waals surface area contributed by atoms with Gasteiger partial charge in [0.05, 0.1) is 17.5 Å². The van der Waals surface area contributed by atoms with Gasteiger partial charge in [-0.3, -0.25) is 4.79 Å². The lowest BCUT2D eigenvalue weighted by Gasteiger charge is -2.37. The molecule has 0 amide bonds.